The van der Waals surface area contributed by atoms with Gasteiger partial charge in [-0.3, -0.25) is 0 Å². The summed E-state index contributed by atoms with van der Waals surface area (Å²) in [6.45, 7) is 2.22. The smallest absolute Gasteiger partial charge is 0.811 e. The monoisotopic (exact) mass is 302 g/mol. The minimum atomic E-state index is -4.24. The van der Waals surface area contributed by atoms with E-state index in [1.54, 1.807) is 0 Å². The third-order valence-corrected chi connectivity index (χ3v) is 3.90. The van der Waals surface area contributed by atoms with E-state index in [0.717, 1.165) is 12.8 Å². The Kier molecular flexibility index (Phi) is 17.9. The molecule has 0 aromatic rings. The third-order valence-electron chi connectivity index (χ3n) is 3.04. The molecule has 18 heavy (non-hydrogen) atoms. The van der Waals surface area contributed by atoms with Crippen LogP contribution in [-0.4, -0.2) is 43.9 Å². The zero-order valence-electron chi connectivity index (χ0n) is 11.9. The van der Waals surface area contributed by atoms with E-state index in [-0.39, 0.29) is 43.9 Å². The molecule has 5 heteroatoms. The zero-order chi connectivity index (χ0) is 13.0. The normalized spacial score (nSPS) is 11.3. The van der Waals surface area contributed by atoms with Crippen LogP contribution in [0.4, 0.5) is 0 Å². The molecule has 0 radical (unpaired) electrons. The van der Waals surface area contributed by atoms with Crippen molar-refractivity contribution in [3.63, 3.8) is 0 Å². The Labute approximate surface area is 142 Å². The molecule has 0 aliphatic heterocycles. The summed E-state index contributed by atoms with van der Waals surface area (Å²) in [4.78, 5) is 20.7. The first-order valence-electron chi connectivity index (χ1n) is 7.07. The predicted octanol–water partition coefficient (Wildman–Crippen LogP) is 2.83. The number of hydrogen-bond donors (Lipinski definition) is 0. The molecule has 0 N–H and O–H groups in total. The fraction of sp³-hybridized carbons (Fsp3) is 1.00. The maximum absolute atomic E-state index is 10.4. The van der Waals surface area contributed by atoms with Crippen molar-refractivity contribution in [2.45, 2.75) is 77.6 Å². The molecule has 0 saturated carbocycles. The fourth-order valence-corrected chi connectivity index (χ4v) is 2.58. The van der Waals surface area contributed by atoms with E-state index in [0.29, 0.717) is 6.42 Å². The van der Waals surface area contributed by atoms with E-state index in [2.05, 4.69) is 6.92 Å². The van der Waals surface area contributed by atoms with Crippen LogP contribution in [0.2, 0.25) is 0 Å². The standard InChI is InChI=1S/C13H29O3P.Ca/c1-2-3-4-5-6-7-8-9-10-11-12-13-17(14,15)16;/h2-13H2,1H3,(H2,14,15,16);/q;+2/p-2. The summed E-state index contributed by atoms with van der Waals surface area (Å²) in [6.07, 6.45) is 12.7. The second-order valence-electron chi connectivity index (χ2n) is 4.87. The molecule has 0 fully saturated rings. The van der Waals surface area contributed by atoms with E-state index in [1.165, 1.54) is 51.4 Å². The Hall–Kier alpha value is 1.41. The van der Waals surface area contributed by atoms with Crippen LogP contribution in [-0.2, 0) is 4.57 Å². The first kappa shape index (κ1) is 21.7. The maximum Gasteiger partial charge on any atom is 2.00 e. The van der Waals surface area contributed by atoms with Crippen molar-refractivity contribution in [2.75, 3.05) is 6.16 Å². The van der Waals surface area contributed by atoms with Gasteiger partial charge >= 0.3 is 37.7 Å². The van der Waals surface area contributed by atoms with Crippen LogP contribution in [0.5, 0.6) is 0 Å². The fourth-order valence-electron chi connectivity index (χ4n) is 1.97. The largest absolute Gasteiger partial charge is 2.00 e. The SMILES string of the molecule is CCCCCCCCCCCCCP(=O)([O-])[O-].[Ca+2]. The zero-order valence-corrected chi connectivity index (χ0v) is 15.0. The third kappa shape index (κ3) is 19.7. The van der Waals surface area contributed by atoms with Gasteiger partial charge in [-0.1, -0.05) is 78.7 Å². The van der Waals surface area contributed by atoms with Crippen LogP contribution in [0.1, 0.15) is 77.6 Å². The summed E-state index contributed by atoms with van der Waals surface area (Å²) in [6, 6.07) is 0. The summed E-state index contributed by atoms with van der Waals surface area (Å²) in [5.41, 5.74) is 0. The van der Waals surface area contributed by atoms with Gasteiger partial charge in [0, 0.05) is 0 Å². The molecule has 0 spiro atoms. The van der Waals surface area contributed by atoms with Gasteiger partial charge in [0.2, 0.25) is 0 Å². The second-order valence-corrected chi connectivity index (χ2v) is 6.54. The Morgan fingerprint density at radius 1 is 0.722 bits per heavy atom. The minimum Gasteiger partial charge on any atom is -0.811 e. The van der Waals surface area contributed by atoms with Crippen molar-refractivity contribution >= 4 is 45.3 Å². The molecule has 0 saturated heterocycles. The van der Waals surface area contributed by atoms with Crippen molar-refractivity contribution in [3.05, 3.63) is 0 Å². The molecule has 0 bridgehead atoms. The summed E-state index contributed by atoms with van der Waals surface area (Å²) < 4.78 is 10.4. The van der Waals surface area contributed by atoms with Crippen LogP contribution in [0.15, 0.2) is 0 Å². The molecule has 0 amide bonds. The quantitative estimate of drug-likeness (QED) is 0.316. The molecule has 0 aliphatic carbocycles. The van der Waals surface area contributed by atoms with Gasteiger partial charge in [-0.05, 0) is 12.6 Å². The number of unbranched alkanes of at least 4 members (excludes halogenated alkanes) is 10. The van der Waals surface area contributed by atoms with E-state index >= 15 is 0 Å². The molecule has 0 atom stereocenters. The van der Waals surface area contributed by atoms with Gasteiger partial charge in [-0.15, -0.1) is 0 Å². The van der Waals surface area contributed by atoms with Gasteiger partial charge < -0.3 is 14.4 Å². The molecule has 0 aliphatic rings. The van der Waals surface area contributed by atoms with Crippen molar-refractivity contribution in [2.24, 2.45) is 0 Å². The summed E-state index contributed by atoms with van der Waals surface area (Å²) in [5.74, 6) is 0. The van der Waals surface area contributed by atoms with Crippen molar-refractivity contribution in [1.82, 2.24) is 0 Å². The Morgan fingerprint density at radius 2 is 1.06 bits per heavy atom. The molecule has 0 rings (SSSR count). The first-order chi connectivity index (χ1) is 8.06. The van der Waals surface area contributed by atoms with Gasteiger partial charge in [-0.2, -0.15) is 0 Å². The van der Waals surface area contributed by atoms with E-state index in [1.807, 2.05) is 0 Å². The van der Waals surface area contributed by atoms with Crippen molar-refractivity contribution in [1.29, 1.82) is 0 Å². The topological polar surface area (TPSA) is 63.2 Å². The molecule has 3 nitrogen and oxygen atoms in total. The van der Waals surface area contributed by atoms with Crippen molar-refractivity contribution < 1.29 is 14.4 Å². The van der Waals surface area contributed by atoms with Gasteiger partial charge in [-0.25, -0.2) is 0 Å². The average Bonchev–Trinajstić information content (AvgIpc) is 2.24. The van der Waals surface area contributed by atoms with Crippen LogP contribution in [0.3, 0.4) is 0 Å². The number of rotatable bonds is 12. The summed E-state index contributed by atoms with van der Waals surface area (Å²) in [5, 5.41) is 0. The van der Waals surface area contributed by atoms with Gasteiger partial charge in [0.1, 0.15) is 0 Å². The van der Waals surface area contributed by atoms with E-state index in [9.17, 15) is 14.4 Å². The molecule has 0 heterocycles. The molecular formula is C13H27CaO3P. The second kappa shape index (κ2) is 14.8. The molecular weight excluding hydrogens is 275 g/mol. The van der Waals surface area contributed by atoms with E-state index in [4.69, 9.17) is 0 Å². The first-order valence-corrected chi connectivity index (χ1v) is 8.80. The number of hydrogen-bond acceptors (Lipinski definition) is 3. The average molecular weight is 302 g/mol. The van der Waals surface area contributed by atoms with Crippen LogP contribution >= 0.6 is 7.60 Å². The Morgan fingerprint density at radius 3 is 1.39 bits per heavy atom. The van der Waals surface area contributed by atoms with Gasteiger partial charge in [0.25, 0.3) is 0 Å². The molecule has 0 aromatic heterocycles. The van der Waals surface area contributed by atoms with Crippen molar-refractivity contribution in [3.8, 4) is 0 Å². The van der Waals surface area contributed by atoms with E-state index < -0.39 is 7.60 Å². The van der Waals surface area contributed by atoms with Gasteiger partial charge in [0.15, 0.2) is 0 Å². The molecule has 0 aromatic carbocycles. The minimum absolute atomic E-state index is 0. The van der Waals surface area contributed by atoms with Crippen LogP contribution in [0, 0.1) is 0 Å². The summed E-state index contributed by atoms with van der Waals surface area (Å²) in [7, 11) is -4.24. The molecule has 104 valence electrons. The summed E-state index contributed by atoms with van der Waals surface area (Å²) >= 11 is 0. The van der Waals surface area contributed by atoms with Gasteiger partial charge in [0.05, 0.1) is 0 Å². The van der Waals surface area contributed by atoms with Crippen LogP contribution in [0.25, 0.3) is 0 Å². The predicted molar refractivity (Wildman–Crippen MR) is 74.7 cm³/mol. The maximum atomic E-state index is 10.4. The van der Waals surface area contributed by atoms with Crippen LogP contribution < -0.4 is 9.79 Å². The Bertz CT molecular complexity index is 206. The Balaban J connectivity index is 0. The molecule has 0 unspecified atom stereocenters.